The summed E-state index contributed by atoms with van der Waals surface area (Å²) >= 11 is 0. The minimum atomic E-state index is 0.549. The van der Waals surface area contributed by atoms with Gasteiger partial charge in [0.25, 0.3) is 0 Å². The Hall–Kier alpha value is -2.38. The van der Waals surface area contributed by atoms with E-state index in [4.69, 9.17) is 13.9 Å². The van der Waals surface area contributed by atoms with Crippen molar-refractivity contribution in [3.8, 4) is 11.5 Å². The van der Waals surface area contributed by atoms with Gasteiger partial charge in [0, 0.05) is 38.3 Å². The number of rotatable bonds is 9. The largest absolute Gasteiger partial charge is 0.444 e. The van der Waals surface area contributed by atoms with E-state index in [-0.39, 0.29) is 0 Å². The standard InChI is InChI=1S/C21H30N4O3/c1-16-4-6-18(7-5-16)20-25-19(15-28-20)12-24-21(22-2)23-9-3-10-26-13-17-8-11-27-14-17/h4-7,15,17H,3,8-14H2,1-2H3,(H2,22,23,24). The Morgan fingerprint density at radius 2 is 2.14 bits per heavy atom. The number of ether oxygens (including phenoxy) is 2. The topological polar surface area (TPSA) is 80.9 Å². The smallest absolute Gasteiger partial charge is 0.226 e. The summed E-state index contributed by atoms with van der Waals surface area (Å²) in [5, 5.41) is 6.54. The van der Waals surface area contributed by atoms with E-state index in [1.807, 2.05) is 12.1 Å². The molecule has 0 spiro atoms. The molecule has 28 heavy (non-hydrogen) atoms. The number of aliphatic imine (C=N–C) groups is 1. The van der Waals surface area contributed by atoms with Crippen LogP contribution in [0.5, 0.6) is 0 Å². The molecule has 152 valence electrons. The Labute approximate surface area is 166 Å². The second-order valence-corrected chi connectivity index (χ2v) is 7.02. The van der Waals surface area contributed by atoms with Crippen LogP contribution >= 0.6 is 0 Å². The minimum absolute atomic E-state index is 0.549. The Morgan fingerprint density at radius 3 is 2.89 bits per heavy atom. The Balaban J connectivity index is 1.33. The lowest BCUT2D eigenvalue weighted by Crippen LogP contribution is -2.37. The number of aryl methyl sites for hydroxylation is 1. The second kappa shape index (κ2) is 10.8. The average Bonchev–Trinajstić information content (AvgIpc) is 3.39. The van der Waals surface area contributed by atoms with Gasteiger partial charge < -0.3 is 24.5 Å². The van der Waals surface area contributed by atoms with E-state index in [2.05, 4.69) is 39.7 Å². The Bertz CT molecular complexity index is 736. The van der Waals surface area contributed by atoms with Gasteiger partial charge in [0.1, 0.15) is 6.26 Å². The van der Waals surface area contributed by atoms with Gasteiger partial charge in [-0.15, -0.1) is 0 Å². The molecule has 3 rings (SSSR count). The first kappa shape index (κ1) is 20.4. The second-order valence-electron chi connectivity index (χ2n) is 7.02. The van der Waals surface area contributed by atoms with Gasteiger partial charge in [-0.05, 0) is 31.9 Å². The fourth-order valence-electron chi connectivity index (χ4n) is 2.96. The molecule has 1 aromatic carbocycles. The van der Waals surface area contributed by atoms with Crippen LogP contribution in [0.25, 0.3) is 11.5 Å². The molecule has 0 amide bonds. The summed E-state index contributed by atoms with van der Waals surface area (Å²) in [5.74, 6) is 1.93. The van der Waals surface area contributed by atoms with E-state index in [0.29, 0.717) is 18.4 Å². The zero-order valence-electron chi connectivity index (χ0n) is 16.7. The number of guanidine groups is 1. The molecular weight excluding hydrogens is 356 g/mol. The van der Waals surface area contributed by atoms with E-state index in [1.165, 1.54) is 5.56 Å². The van der Waals surface area contributed by atoms with Crippen molar-refractivity contribution in [2.45, 2.75) is 26.3 Å². The van der Waals surface area contributed by atoms with Crippen LogP contribution < -0.4 is 10.6 Å². The summed E-state index contributed by atoms with van der Waals surface area (Å²) in [6.45, 7) is 6.65. The van der Waals surface area contributed by atoms with Crippen LogP contribution in [0, 0.1) is 12.8 Å². The molecule has 1 aliphatic heterocycles. The number of nitrogens with zero attached hydrogens (tertiary/aromatic N) is 2. The van der Waals surface area contributed by atoms with Crippen molar-refractivity contribution >= 4 is 5.96 Å². The Kier molecular flexibility index (Phi) is 7.87. The predicted octanol–water partition coefficient (Wildman–Crippen LogP) is 2.76. The van der Waals surface area contributed by atoms with Gasteiger partial charge in [0.05, 0.1) is 25.5 Å². The van der Waals surface area contributed by atoms with Crippen molar-refractivity contribution in [1.29, 1.82) is 0 Å². The van der Waals surface area contributed by atoms with Gasteiger partial charge in [0.15, 0.2) is 5.96 Å². The molecule has 1 unspecified atom stereocenters. The normalized spacial score (nSPS) is 17.1. The maximum atomic E-state index is 5.71. The van der Waals surface area contributed by atoms with E-state index < -0.39 is 0 Å². The van der Waals surface area contributed by atoms with Crippen LogP contribution in [-0.2, 0) is 16.0 Å². The zero-order valence-corrected chi connectivity index (χ0v) is 16.7. The van der Waals surface area contributed by atoms with Crippen molar-refractivity contribution in [3.63, 3.8) is 0 Å². The summed E-state index contributed by atoms with van der Waals surface area (Å²) in [4.78, 5) is 8.77. The molecular formula is C21H30N4O3. The van der Waals surface area contributed by atoms with Crippen molar-refractivity contribution in [2.24, 2.45) is 10.9 Å². The van der Waals surface area contributed by atoms with Crippen LogP contribution in [0.2, 0.25) is 0 Å². The van der Waals surface area contributed by atoms with Crippen LogP contribution in [0.15, 0.2) is 39.9 Å². The monoisotopic (exact) mass is 386 g/mol. The van der Waals surface area contributed by atoms with Gasteiger partial charge >= 0.3 is 0 Å². The molecule has 1 aliphatic rings. The highest BCUT2D eigenvalue weighted by atomic mass is 16.5. The maximum absolute atomic E-state index is 5.71. The SMILES string of the molecule is CN=C(NCCCOCC1CCOC1)NCc1coc(-c2ccc(C)cc2)n1. The van der Waals surface area contributed by atoms with Crippen LogP contribution in [0.3, 0.4) is 0 Å². The summed E-state index contributed by atoms with van der Waals surface area (Å²) in [7, 11) is 1.76. The van der Waals surface area contributed by atoms with Crippen LogP contribution in [0.4, 0.5) is 0 Å². The molecule has 0 saturated carbocycles. The lowest BCUT2D eigenvalue weighted by atomic mass is 10.1. The molecule has 1 fully saturated rings. The molecule has 2 heterocycles. The van der Waals surface area contributed by atoms with E-state index in [1.54, 1.807) is 13.3 Å². The Morgan fingerprint density at radius 1 is 1.29 bits per heavy atom. The number of oxazole rings is 1. The van der Waals surface area contributed by atoms with Gasteiger partial charge in [-0.3, -0.25) is 4.99 Å². The third-order valence-electron chi connectivity index (χ3n) is 4.65. The number of hydrogen-bond acceptors (Lipinski definition) is 5. The van der Waals surface area contributed by atoms with Crippen molar-refractivity contribution in [2.75, 3.05) is 40.0 Å². The predicted molar refractivity (Wildman–Crippen MR) is 109 cm³/mol. The van der Waals surface area contributed by atoms with Crippen molar-refractivity contribution in [3.05, 3.63) is 41.8 Å². The molecule has 0 radical (unpaired) electrons. The molecule has 0 bridgehead atoms. The number of aromatic nitrogens is 1. The van der Waals surface area contributed by atoms with Gasteiger partial charge in [-0.2, -0.15) is 0 Å². The first-order valence-electron chi connectivity index (χ1n) is 9.86. The third-order valence-corrected chi connectivity index (χ3v) is 4.65. The molecule has 1 aromatic heterocycles. The van der Waals surface area contributed by atoms with Gasteiger partial charge in [-0.1, -0.05) is 17.7 Å². The van der Waals surface area contributed by atoms with Gasteiger partial charge in [0.2, 0.25) is 5.89 Å². The molecule has 1 saturated heterocycles. The molecule has 0 aliphatic carbocycles. The highest BCUT2D eigenvalue weighted by molar-refractivity contribution is 5.79. The lowest BCUT2D eigenvalue weighted by Gasteiger charge is -2.12. The summed E-state index contributed by atoms with van der Waals surface area (Å²) in [6, 6.07) is 8.13. The quantitative estimate of drug-likeness (QED) is 0.392. The first-order valence-corrected chi connectivity index (χ1v) is 9.86. The number of benzene rings is 1. The molecule has 7 heteroatoms. The highest BCUT2D eigenvalue weighted by Gasteiger charge is 2.15. The fourth-order valence-corrected chi connectivity index (χ4v) is 2.96. The van der Waals surface area contributed by atoms with Crippen molar-refractivity contribution < 1.29 is 13.9 Å². The molecule has 1 atom stereocenters. The van der Waals surface area contributed by atoms with Crippen molar-refractivity contribution in [1.82, 2.24) is 15.6 Å². The lowest BCUT2D eigenvalue weighted by molar-refractivity contribution is 0.0888. The molecule has 2 N–H and O–H groups in total. The van der Waals surface area contributed by atoms with E-state index in [0.717, 1.165) is 63.0 Å². The molecule has 2 aromatic rings. The van der Waals surface area contributed by atoms with Crippen LogP contribution in [0.1, 0.15) is 24.1 Å². The summed E-state index contributed by atoms with van der Waals surface area (Å²) in [6.07, 6.45) is 3.72. The average molecular weight is 386 g/mol. The number of nitrogens with one attached hydrogen (secondary N) is 2. The van der Waals surface area contributed by atoms with E-state index in [9.17, 15) is 0 Å². The highest BCUT2D eigenvalue weighted by Crippen LogP contribution is 2.19. The summed E-state index contributed by atoms with van der Waals surface area (Å²) in [5.41, 5.74) is 3.02. The summed E-state index contributed by atoms with van der Waals surface area (Å²) < 4.78 is 16.6. The minimum Gasteiger partial charge on any atom is -0.444 e. The zero-order chi connectivity index (χ0) is 19.6. The fraction of sp³-hybridized carbons (Fsp3) is 0.524. The third kappa shape index (κ3) is 6.35. The van der Waals surface area contributed by atoms with E-state index >= 15 is 0 Å². The van der Waals surface area contributed by atoms with Crippen LogP contribution in [-0.4, -0.2) is 51.0 Å². The van der Waals surface area contributed by atoms with Gasteiger partial charge in [-0.25, -0.2) is 4.98 Å². The number of hydrogen-bond donors (Lipinski definition) is 2. The first-order chi connectivity index (χ1) is 13.7. The molecule has 7 nitrogen and oxygen atoms in total. The maximum Gasteiger partial charge on any atom is 0.226 e.